The third kappa shape index (κ3) is 11.6. The second kappa shape index (κ2) is 16.9. The van der Waals surface area contributed by atoms with Gasteiger partial charge in [-0.15, -0.1) is 0 Å². The van der Waals surface area contributed by atoms with Gasteiger partial charge in [0.15, 0.2) is 0 Å². The fourth-order valence-electron chi connectivity index (χ4n) is 5.29. The van der Waals surface area contributed by atoms with E-state index in [1.54, 1.807) is 24.3 Å². The second-order valence-corrected chi connectivity index (χ2v) is 12.1. The topological polar surface area (TPSA) is 131 Å². The molecule has 0 aromatic heterocycles. The predicted molar refractivity (Wildman–Crippen MR) is 176 cm³/mol. The van der Waals surface area contributed by atoms with Crippen molar-refractivity contribution in [1.82, 2.24) is 16.0 Å². The highest BCUT2D eigenvalue weighted by atomic mass is 19.4. The standard InChI is InChI=1S/C37H37F6N3O5/c1-22(44-20-33(49)28-9-10-32(48)29(16-28)21-47)11-24-3-2-4-25(12-24)15-34(50)45-18-23-5-7-27(8-6-23)35(51)46-19-26-13-30(36(38,39)40)17-31(14-26)37(41,42)43/h2-10,12-14,16-17,22,33,44,47-49H,11,15,18-21H2,1H3,(H,45,50)(H,46,51)/t22?,33-/m0/s1. The summed E-state index contributed by atoms with van der Waals surface area (Å²) in [5.41, 5.74) is 0.133. The molecule has 0 bridgehead atoms. The Morgan fingerprint density at radius 3 is 2.00 bits per heavy atom. The highest BCUT2D eigenvalue weighted by Gasteiger charge is 2.36. The van der Waals surface area contributed by atoms with Crippen LogP contribution in [0.2, 0.25) is 0 Å². The van der Waals surface area contributed by atoms with Crippen LogP contribution in [-0.2, 0) is 49.7 Å². The molecular formula is C37H37F6N3O5. The fraction of sp³-hybridized carbons (Fsp3) is 0.297. The molecule has 0 saturated carbocycles. The average molecular weight is 718 g/mol. The van der Waals surface area contributed by atoms with E-state index in [9.17, 15) is 51.3 Å². The third-order valence-electron chi connectivity index (χ3n) is 8.02. The van der Waals surface area contributed by atoms with E-state index < -0.39 is 42.0 Å². The van der Waals surface area contributed by atoms with Crippen LogP contribution in [0.1, 0.15) is 67.9 Å². The number of phenols is 1. The lowest BCUT2D eigenvalue weighted by atomic mass is 10.0. The van der Waals surface area contributed by atoms with Gasteiger partial charge in [0.05, 0.1) is 30.3 Å². The van der Waals surface area contributed by atoms with Crippen LogP contribution in [0, 0.1) is 0 Å². The van der Waals surface area contributed by atoms with Crippen molar-refractivity contribution >= 4 is 11.8 Å². The van der Waals surface area contributed by atoms with E-state index >= 15 is 0 Å². The van der Waals surface area contributed by atoms with Gasteiger partial charge in [-0.05, 0) is 83.6 Å². The summed E-state index contributed by atoms with van der Waals surface area (Å²) in [6, 6.07) is 19.2. The quantitative estimate of drug-likeness (QED) is 0.0893. The van der Waals surface area contributed by atoms with Gasteiger partial charge in [0.1, 0.15) is 5.75 Å². The number of benzene rings is 4. The van der Waals surface area contributed by atoms with E-state index in [0.717, 1.165) is 11.1 Å². The number of aliphatic hydroxyl groups is 2. The molecule has 0 heterocycles. The molecule has 0 spiro atoms. The first-order chi connectivity index (χ1) is 24.0. The van der Waals surface area contributed by atoms with E-state index in [4.69, 9.17) is 0 Å². The zero-order valence-corrected chi connectivity index (χ0v) is 27.4. The highest BCUT2D eigenvalue weighted by Crippen LogP contribution is 2.36. The third-order valence-corrected chi connectivity index (χ3v) is 8.02. The lowest BCUT2D eigenvalue weighted by Crippen LogP contribution is -2.32. The lowest BCUT2D eigenvalue weighted by Gasteiger charge is -2.18. The number of aliphatic hydroxyl groups excluding tert-OH is 2. The van der Waals surface area contributed by atoms with Gasteiger partial charge in [-0.2, -0.15) is 26.3 Å². The van der Waals surface area contributed by atoms with Crippen LogP contribution < -0.4 is 16.0 Å². The largest absolute Gasteiger partial charge is 0.508 e. The maximum Gasteiger partial charge on any atom is 0.416 e. The van der Waals surface area contributed by atoms with Crippen molar-refractivity contribution < 1.29 is 51.3 Å². The number of carbonyl (C=O) groups excluding carboxylic acids is 2. The molecule has 1 unspecified atom stereocenters. The Kier molecular flexibility index (Phi) is 12.9. The highest BCUT2D eigenvalue weighted by molar-refractivity contribution is 5.94. The van der Waals surface area contributed by atoms with Crippen LogP contribution in [0.25, 0.3) is 0 Å². The number of rotatable bonds is 14. The van der Waals surface area contributed by atoms with Gasteiger partial charge in [-0.25, -0.2) is 0 Å². The molecule has 0 aliphatic carbocycles. The first-order valence-electron chi connectivity index (χ1n) is 15.9. The first-order valence-corrected chi connectivity index (χ1v) is 15.9. The van der Waals surface area contributed by atoms with Crippen molar-refractivity contribution in [1.29, 1.82) is 0 Å². The Balaban J connectivity index is 1.23. The van der Waals surface area contributed by atoms with Crippen molar-refractivity contribution in [2.45, 2.75) is 64.0 Å². The molecule has 8 nitrogen and oxygen atoms in total. The first kappa shape index (κ1) is 38.9. The summed E-state index contributed by atoms with van der Waals surface area (Å²) in [7, 11) is 0. The molecule has 0 aliphatic heterocycles. The summed E-state index contributed by atoms with van der Waals surface area (Å²) in [5, 5.41) is 38.0. The molecule has 4 rings (SSSR count). The van der Waals surface area contributed by atoms with Gasteiger partial charge in [-0.1, -0.05) is 42.5 Å². The molecule has 51 heavy (non-hydrogen) atoms. The van der Waals surface area contributed by atoms with Crippen molar-refractivity contribution in [3.8, 4) is 5.75 Å². The zero-order chi connectivity index (χ0) is 37.3. The molecule has 2 atom stereocenters. The van der Waals surface area contributed by atoms with Gasteiger partial charge in [0.25, 0.3) is 5.91 Å². The van der Waals surface area contributed by atoms with Crippen molar-refractivity contribution in [2.24, 2.45) is 0 Å². The predicted octanol–water partition coefficient (Wildman–Crippen LogP) is 5.97. The molecule has 0 aliphatic rings. The Hall–Kier alpha value is -4.92. The molecular weight excluding hydrogens is 680 g/mol. The monoisotopic (exact) mass is 717 g/mol. The van der Waals surface area contributed by atoms with Crippen LogP contribution in [0.3, 0.4) is 0 Å². The van der Waals surface area contributed by atoms with Crippen molar-refractivity contribution in [3.63, 3.8) is 0 Å². The molecule has 4 aromatic rings. The Bertz CT molecular complexity index is 1780. The number of alkyl halides is 6. The maximum absolute atomic E-state index is 13.1. The SMILES string of the molecule is CC(Cc1cccc(CC(=O)NCc2ccc(C(=O)NCc3cc(C(F)(F)F)cc(C(F)(F)F)c3)cc2)c1)NC[C@H](O)c1ccc(O)c(CO)c1. The van der Waals surface area contributed by atoms with Gasteiger partial charge < -0.3 is 31.3 Å². The van der Waals surface area contributed by atoms with E-state index in [1.165, 1.54) is 18.2 Å². The Morgan fingerprint density at radius 2 is 1.37 bits per heavy atom. The minimum absolute atomic E-state index is 0.0207. The van der Waals surface area contributed by atoms with Crippen LogP contribution in [0.5, 0.6) is 5.75 Å². The molecule has 0 fully saturated rings. The van der Waals surface area contributed by atoms with Crippen LogP contribution >= 0.6 is 0 Å². The van der Waals surface area contributed by atoms with Gasteiger partial charge in [0.2, 0.25) is 5.91 Å². The zero-order valence-electron chi connectivity index (χ0n) is 27.4. The minimum Gasteiger partial charge on any atom is -0.508 e. The Morgan fingerprint density at radius 1 is 0.745 bits per heavy atom. The molecule has 0 saturated heterocycles. The molecule has 272 valence electrons. The number of hydrogen-bond acceptors (Lipinski definition) is 6. The van der Waals surface area contributed by atoms with Crippen LogP contribution in [0.4, 0.5) is 26.3 Å². The maximum atomic E-state index is 13.1. The number of aromatic hydroxyl groups is 1. The van der Waals surface area contributed by atoms with Crippen LogP contribution in [-0.4, -0.2) is 39.7 Å². The summed E-state index contributed by atoms with van der Waals surface area (Å²) in [4.78, 5) is 25.2. The molecule has 6 N–H and O–H groups in total. The molecule has 4 aromatic carbocycles. The summed E-state index contributed by atoms with van der Waals surface area (Å²) in [5.74, 6) is -0.997. The normalized spacial score (nSPS) is 13.0. The lowest BCUT2D eigenvalue weighted by molar-refractivity contribution is -0.143. The smallest absolute Gasteiger partial charge is 0.416 e. The summed E-state index contributed by atoms with van der Waals surface area (Å²) < 4.78 is 78.8. The molecule has 2 amide bonds. The number of amides is 2. The van der Waals surface area contributed by atoms with E-state index in [1.807, 2.05) is 31.2 Å². The van der Waals surface area contributed by atoms with E-state index in [2.05, 4.69) is 16.0 Å². The van der Waals surface area contributed by atoms with Crippen molar-refractivity contribution in [3.05, 3.63) is 135 Å². The number of nitrogens with one attached hydrogen (secondary N) is 3. The van der Waals surface area contributed by atoms with E-state index in [0.29, 0.717) is 35.2 Å². The minimum atomic E-state index is -5.00. The summed E-state index contributed by atoms with van der Waals surface area (Å²) in [6.07, 6.45) is -10.1. The summed E-state index contributed by atoms with van der Waals surface area (Å²) >= 11 is 0. The second-order valence-electron chi connectivity index (χ2n) is 12.1. The van der Waals surface area contributed by atoms with Gasteiger partial charge >= 0.3 is 12.4 Å². The number of hydrogen-bond donors (Lipinski definition) is 6. The number of carbonyl (C=O) groups is 2. The summed E-state index contributed by atoms with van der Waals surface area (Å²) in [6.45, 7) is 1.45. The average Bonchev–Trinajstić information content (AvgIpc) is 3.08. The molecule has 14 heteroatoms. The molecule has 0 radical (unpaired) electrons. The van der Waals surface area contributed by atoms with Crippen molar-refractivity contribution in [2.75, 3.05) is 6.54 Å². The fourth-order valence-corrected chi connectivity index (χ4v) is 5.29. The Labute approximate surface area is 290 Å². The van der Waals surface area contributed by atoms with E-state index in [-0.39, 0.29) is 61.0 Å². The van der Waals surface area contributed by atoms with Gasteiger partial charge in [0, 0.05) is 36.8 Å². The number of halogens is 6. The van der Waals surface area contributed by atoms with Crippen LogP contribution in [0.15, 0.2) is 84.9 Å². The van der Waals surface area contributed by atoms with Gasteiger partial charge in [-0.3, -0.25) is 9.59 Å².